The molecule has 0 aliphatic carbocycles. The van der Waals surface area contributed by atoms with E-state index in [1.54, 1.807) is 29.7 Å². The third kappa shape index (κ3) is 3.61. The van der Waals surface area contributed by atoms with E-state index in [2.05, 4.69) is 31.2 Å². The molecule has 0 aromatic carbocycles. The van der Waals surface area contributed by atoms with Crippen LogP contribution in [0.15, 0.2) is 28.2 Å². The van der Waals surface area contributed by atoms with E-state index in [0.717, 1.165) is 21.6 Å². The van der Waals surface area contributed by atoms with Crippen LogP contribution in [0, 0.1) is 6.92 Å². The van der Waals surface area contributed by atoms with Crippen LogP contribution in [0.2, 0.25) is 0 Å². The highest BCUT2D eigenvalue weighted by Gasteiger charge is 2.06. The first-order valence-electron chi connectivity index (χ1n) is 5.46. The molecule has 0 atom stereocenters. The molecule has 6 heteroatoms. The SMILES string of the molecule is Cc1csc(CCNC(=O)c2ccc(Br)cn2)n1. The quantitative estimate of drug-likeness (QED) is 0.940. The average molecular weight is 326 g/mol. The third-order valence-corrected chi connectivity index (χ3v) is 3.75. The third-order valence-electron chi connectivity index (χ3n) is 2.25. The summed E-state index contributed by atoms with van der Waals surface area (Å²) in [5.74, 6) is -0.157. The molecule has 0 spiro atoms. The molecule has 2 rings (SSSR count). The van der Waals surface area contributed by atoms with Crippen LogP contribution in [-0.4, -0.2) is 22.4 Å². The van der Waals surface area contributed by atoms with Crippen molar-refractivity contribution in [3.8, 4) is 0 Å². The van der Waals surface area contributed by atoms with Crippen molar-refractivity contribution in [2.24, 2.45) is 0 Å². The van der Waals surface area contributed by atoms with Crippen LogP contribution in [-0.2, 0) is 6.42 Å². The van der Waals surface area contributed by atoms with Crippen molar-refractivity contribution in [2.45, 2.75) is 13.3 Å². The van der Waals surface area contributed by atoms with Crippen LogP contribution in [0.5, 0.6) is 0 Å². The lowest BCUT2D eigenvalue weighted by Crippen LogP contribution is -2.26. The fourth-order valence-electron chi connectivity index (χ4n) is 1.40. The van der Waals surface area contributed by atoms with Gasteiger partial charge in [0.25, 0.3) is 5.91 Å². The van der Waals surface area contributed by atoms with Crippen molar-refractivity contribution in [1.29, 1.82) is 0 Å². The first-order valence-corrected chi connectivity index (χ1v) is 7.13. The normalized spacial score (nSPS) is 10.3. The van der Waals surface area contributed by atoms with Crippen LogP contribution < -0.4 is 5.32 Å². The van der Waals surface area contributed by atoms with Crippen molar-refractivity contribution in [1.82, 2.24) is 15.3 Å². The largest absolute Gasteiger partial charge is 0.350 e. The molecule has 0 saturated carbocycles. The Morgan fingerprint density at radius 1 is 1.50 bits per heavy atom. The maximum Gasteiger partial charge on any atom is 0.269 e. The number of nitrogens with zero attached hydrogens (tertiary/aromatic N) is 2. The predicted molar refractivity (Wildman–Crippen MR) is 74.8 cm³/mol. The molecule has 2 aromatic rings. The number of aromatic nitrogens is 2. The molecule has 0 unspecified atom stereocenters. The molecule has 0 aliphatic heterocycles. The van der Waals surface area contributed by atoms with E-state index in [1.807, 2.05) is 12.3 Å². The standard InChI is InChI=1S/C12H12BrN3OS/c1-8-7-18-11(16-8)4-5-14-12(17)10-3-2-9(13)6-15-10/h2-3,6-7H,4-5H2,1H3,(H,14,17). The smallest absolute Gasteiger partial charge is 0.269 e. The minimum Gasteiger partial charge on any atom is -0.350 e. The van der Waals surface area contributed by atoms with Gasteiger partial charge in [-0.15, -0.1) is 11.3 Å². The molecular weight excluding hydrogens is 314 g/mol. The molecule has 2 heterocycles. The van der Waals surface area contributed by atoms with Crippen molar-refractivity contribution in [2.75, 3.05) is 6.54 Å². The number of rotatable bonds is 4. The Kier molecular flexibility index (Phi) is 4.43. The first-order chi connectivity index (χ1) is 8.65. The Bertz CT molecular complexity index is 539. The second-order valence-electron chi connectivity index (χ2n) is 3.75. The monoisotopic (exact) mass is 325 g/mol. The van der Waals surface area contributed by atoms with Crippen molar-refractivity contribution >= 4 is 33.2 Å². The van der Waals surface area contributed by atoms with Crippen LogP contribution >= 0.6 is 27.3 Å². The zero-order valence-electron chi connectivity index (χ0n) is 9.81. The molecule has 1 amide bonds. The number of amides is 1. The summed E-state index contributed by atoms with van der Waals surface area (Å²) < 4.78 is 0.859. The van der Waals surface area contributed by atoms with Gasteiger partial charge in [0.2, 0.25) is 0 Å². The van der Waals surface area contributed by atoms with Gasteiger partial charge >= 0.3 is 0 Å². The Morgan fingerprint density at radius 3 is 2.94 bits per heavy atom. The second-order valence-corrected chi connectivity index (χ2v) is 5.61. The van der Waals surface area contributed by atoms with Gasteiger partial charge in [0, 0.05) is 34.7 Å². The lowest BCUT2D eigenvalue weighted by atomic mass is 10.3. The fourth-order valence-corrected chi connectivity index (χ4v) is 2.41. The van der Waals surface area contributed by atoms with Gasteiger partial charge in [0.1, 0.15) is 5.69 Å². The molecule has 0 bridgehead atoms. The van der Waals surface area contributed by atoms with E-state index >= 15 is 0 Å². The van der Waals surface area contributed by atoms with E-state index in [9.17, 15) is 4.79 Å². The van der Waals surface area contributed by atoms with Gasteiger partial charge in [-0.2, -0.15) is 0 Å². The molecule has 0 radical (unpaired) electrons. The van der Waals surface area contributed by atoms with Gasteiger partial charge in [0.05, 0.1) is 5.01 Å². The minimum absolute atomic E-state index is 0.157. The number of nitrogens with one attached hydrogen (secondary N) is 1. The summed E-state index contributed by atoms with van der Waals surface area (Å²) in [5.41, 5.74) is 1.45. The van der Waals surface area contributed by atoms with Crippen LogP contribution in [0.3, 0.4) is 0 Å². The van der Waals surface area contributed by atoms with Crippen LogP contribution in [0.25, 0.3) is 0 Å². The Hall–Kier alpha value is -1.27. The molecule has 18 heavy (non-hydrogen) atoms. The fraction of sp³-hybridized carbons (Fsp3) is 0.250. The summed E-state index contributed by atoms with van der Waals surface area (Å²) in [6.07, 6.45) is 2.36. The summed E-state index contributed by atoms with van der Waals surface area (Å²) >= 11 is 4.89. The molecule has 94 valence electrons. The predicted octanol–water partition coefficient (Wildman–Crippen LogP) is 2.58. The number of hydrogen-bond donors (Lipinski definition) is 1. The van der Waals surface area contributed by atoms with E-state index in [0.29, 0.717) is 12.2 Å². The van der Waals surface area contributed by atoms with Crippen molar-refractivity contribution < 1.29 is 4.79 Å². The van der Waals surface area contributed by atoms with Gasteiger partial charge in [-0.1, -0.05) is 0 Å². The minimum atomic E-state index is -0.157. The summed E-state index contributed by atoms with van der Waals surface area (Å²) in [6, 6.07) is 3.49. The van der Waals surface area contributed by atoms with Crippen molar-refractivity contribution in [3.63, 3.8) is 0 Å². The summed E-state index contributed by atoms with van der Waals surface area (Å²) in [5, 5.41) is 5.87. The molecule has 2 aromatic heterocycles. The summed E-state index contributed by atoms with van der Waals surface area (Å²) in [7, 11) is 0. The highest BCUT2D eigenvalue weighted by atomic mass is 79.9. The van der Waals surface area contributed by atoms with Crippen molar-refractivity contribution in [3.05, 3.63) is 44.6 Å². The summed E-state index contributed by atoms with van der Waals surface area (Å²) in [6.45, 7) is 2.54. The van der Waals surface area contributed by atoms with Gasteiger partial charge < -0.3 is 5.32 Å². The number of halogens is 1. The number of aryl methyl sites for hydroxylation is 1. The van der Waals surface area contributed by atoms with E-state index in [4.69, 9.17) is 0 Å². The van der Waals surface area contributed by atoms with Crippen LogP contribution in [0.1, 0.15) is 21.2 Å². The molecule has 0 fully saturated rings. The van der Waals surface area contributed by atoms with Gasteiger partial charge in [0.15, 0.2) is 0 Å². The first kappa shape index (κ1) is 13.2. The lowest BCUT2D eigenvalue weighted by molar-refractivity contribution is 0.0949. The van der Waals surface area contributed by atoms with E-state index in [1.165, 1.54) is 0 Å². The molecule has 4 nitrogen and oxygen atoms in total. The molecule has 0 saturated heterocycles. The zero-order valence-corrected chi connectivity index (χ0v) is 12.2. The highest BCUT2D eigenvalue weighted by molar-refractivity contribution is 9.10. The highest BCUT2D eigenvalue weighted by Crippen LogP contribution is 2.09. The average Bonchev–Trinajstić information content (AvgIpc) is 2.76. The Labute approximate surface area is 118 Å². The molecular formula is C12H12BrN3OS. The molecule has 1 N–H and O–H groups in total. The van der Waals surface area contributed by atoms with E-state index < -0.39 is 0 Å². The zero-order chi connectivity index (χ0) is 13.0. The topological polar surface area (TPSA) is 54.9 Å². The van der Waals surface area contributed by atoms with Gasteiger partial charge in [-0.05, 0) is 35.0 Å². The van der Waals surface area contributed by atoms with Gasteiger partial charge in [-0.3, -0.25) is 4.79 Å². The van der Waals surface area contributed by atoms with Crippen LogP contribution in [0.4, 0.5) is 0 Å². The maximum absolute atomic E-state index is 11.7. The number of thiazole rings is 1. The van der Waals surface area contributed by atoms with E-state index in [-0.39, 0.29) is 5.91 Å². The number of carbonyl (C=O) groups is 1. The number of carbonyl (C=O) groups excluding carboxylic acids is 1. The second kappa shape index (κ2) is 6.06. The van der Waals surface area contributed by atoms with Gasteiger partial charge in [-0.25, -0.2) is 9.97 Å². The molecule has 0 aliphatic rings. The Balaban J connectivity index is 1.83. The maximum atomic E-state index is 11.7. The lowest BCUT2D eigenvalue weighted by Gasteiger charge is -2.03. The number of pyridine rings is 1. The Morgan fingerprint density at radius 2 is 2.33 bits per heavy atom. The summed E-state index contributed by atoms with van der Waals surface area (Å²) in [4.78, 5) is 20.1. The number of hydrogen-bond acceptors (Lipinski definition) is 4.